The molecule has 31 heavy (non-hydrogen) atoms. The van der Waals surface area contributed by atoms with Crippen LogP contribution in [0.3, 0.4) is 0 Å². The Morgan fingerprint density at radius 3 is 2.48 bits per heavy atom. The monoisotopic (exact) mass is 441 g/mol. The van der Waals surface area contributed by atoms with Gasteiger partial charge in [0.05, 0.1) is 11.3 Å². The molecule has 0 aliphatic heterocycles. The van der Waals surface area contributed by atoms with Crippen molar-refractivity contribution in [1.82, 2.24) is 20.1 Å². The van der Waals surface area contributed by atoms with Crippen molar-refractivity contribution in [3.63, 3.8) is 0 Å². The Labute approximate surface area is 184 Å². The highest BCUT2D eigenvalue weighted by molar-refractivity contribution is 7.99. The predicted octanol–water partition coefficient (Wildman–Crippen LogP) is 3.27. The van der Waals surface area contributed by atoms with Crippen LogP contribution in [-0.2, 0) is 18.3 Å². The van der Waals surface area contributed by atoms with Gasteiger partial charge in [-0.05, 0) is 37.1 Å². The summed E-state index contributed by atoms with van der Waals surface area (Å²) >= 11 is 1.29. The third kappa shape index (κ3) is 5.69. The topological polar surface area (TPSA) is 88.9 Å². The first-order valence-corrected chi connectivity index (χ1v) is 10.7. The van der Waals surface area contributed by atoms with E-state index in [4.69, 9.17) is 0 Å². The zero-order valence-corrected chi connectivity index (χ0v) is 18.4. The maximum Gasteiger partial charge on any atom is 0.254 e. The molecule has 2 aromatic carbocycles. The molecule has 2 N–H and O–H groups in total. The van der Waals surface area contributed by atoms with Crippen molar-refractivity contribution < 1.29 is 14.0 Å². The third-order valence-electron chi connectivity index (χ3n) is 4.76. The summed E-state index contributed by atoms with van der Waals surface area (Å²) in [5.41, 5.74) is 2.86. The molecule has 0 unspecified atom stereocenters. The second-order valence-electron chi connectivity index (χ2n) is 7.05. The molecule has 9 heteroatoms. The summed E-state index contributed by atoms with van der Waals surface area (Å²) < 4.78 is 15.5. The largest absolute Gasteiger partial charge is 0.351 e. The molecule has 7 nitrogen and oxygen atoms in total. The highest BCUT2D eigenvalue weighted by Crippen LogP contribution is 2.21. The summed E-state index contributed by atoms with van der Waals surface area (Å²) in [6.45, 7) is 4.20. The summed E-state index contributed by atoms with van der Waals surface area (Å²) in [6, 6.07) is 11.7. The molecular formula is C22H24FN5O2S. The average molecular weight is 442 g/mol. The first kappa shape index (κ1) is 22.5. The van der Waals surface area contributed by atoms with Crippen molar-refractivity contribution in [3.8, 4) is 0 Å². The zero-order chi connectivity index (χ0) is 22.4. The van der Waals surface area contributed by atoms with Gasteiger partial charge >= 0.3 is 0 Å². The number of hydrogen-bond acceptors (Lipinski definition) is 5. The quantitative estimate of drug-likeness (QED) is 0.524. The number of nitrogens with zero attached hydrogens (tertiary/aromatic N) is 3. The number of halogens is 1. The van der Waals surface area contributed by atoms with E-state index in [1.807, 2.05) is 32.0 Å². The van der Waals surface area contributed by atoms with Crippen LogP contribution >= 0.6 is 11.8 Å². The molecule has 2 amide bonds. The molecule has 1 aromatic heterocycles. The molecule has 0 spiro atoms. The van der Waals surface area contributed by atoms with Gasteiger partial charge in [-0.2, -0.15) is 0 Å². The standard InChI is InChI=1S/C22H24FN5O2S/c1-14-7-6-8-15(2)20(14)25-19(29)13-31-22-27-26-18(28(22)3)11-12-24-21(30)16-9-4-5-10-17(16)23/h4-10H,11-13H2,1-3H3,(H,24,30)(H,25,29). The SMILES string of the molecule is Cc1cccc(C)c1NC(=O)CSc1nnc(CCNC(=O)c2ccccc2F)n1C. The molecule has 162 valence electrons. The van der Waals surface area contributed by atoms with Crippen LogP contribution in [-0.4, -0.2) is 38.9 Å². The number of carbonyl (C=O) groups excluding carboxylic acids is 2. The smallest absolute Gasteiger partial charge is 0.254 e. The number of thioether (sulfide) groups is 1. The fraction of sp³-hybridized carbons (Fsp3) is 0.273. The summed E-state index contributed by atoms with van der Waals surface area (Å²) in [4.78, 5) is 24.4. The summed E-state index contributed by atoms with van der Waals surface area (Å²) in [5, 5.41) is 14.5. The molecular weight excluding hydrogens is 417 g/mol. The van der Waals surface area contributed by atoms with Gasteiger partial charge < -0.3 is 15.2 Å². The van der Waals surface area contributed by atoms with Gasteiger partial charge in [-0.15, -0.1) is 10.2 Å². The Balaban J connectivity index is 1.50. The highest BCUT2D eigenvalue weighted by Gasteiger charge is 2.14. The second kappa shape index (κ2) is 10.2. The van der Waals surface area contributed by atoms with Gasteiger partial charge in [-0.3, -0.25) is 9.59 Å². The van der Waals surface area contributed by atoms with Crippen LogP contribution in [0.1, 0.15) is 27.3 Å². The number of carbonyl (C=O) groups is 2. The van der Waals surface area contributed by atoms with E-state index >= 15 is 0 Å². The maximum absolute atomic E-state index is 13.7. The van der Waals surface area contributed by atoms with Crippen LogP contribution in [0.15, 0.2) is 47.6 Å². The van der Waals surface area contributed by atoms with Crippen LogP contribution in [0, 0.1) is 19.7 Å². The fourth-order valence-corrected chi connectivity index (χ4v) is 3.76. The second-order valence-corrected chi connectivity index (χ2v) is 7.99. The van der Waals surface area contributed by atoms with Crippen molar-refractivity contribution in [1.29, 1.82) is 0 Å². The number of aryl methyl sites for hydroxylation is 2. The molecule has 1 heterocycles. The first-order valence-electron chi connectivity index (χ1n) is 9.76. The highest BCUT2D eigenvalue weighted by atomic mass is 32.2. The number of hydrogen-bond donors (Lipinski definition) is 2. The number of rotatable bonds is 8. The van der Waals surface area contributed by atoms with E-state index in [0.717, 1.165) is 16.8 Å². The van der Waals surface area contributed by atoms with E-state index in [1.165, 1.54) is 30.0 Å². The molecule has 0 atom stereocenters. The predicted molar refractivity (Wildman–Crippen MR) is 119 cm³/mol. The number of benzene rings is 2. The van der Waals surface area contributed by atoms with Crippen LogP contribution in [0.5, 0.6) is 0 Å². The minimum Gasteiger partial charge on any atom is -0.351 e. The lowest BCUT2D eigenvalue weighted by Gasteiger charge is -2.11. The molecule has 3 aromatic rings. The molecule has 0 saturated carbocycles. The molecule has 0 fully saturated rings. The van der Waals surface area contributed by atoms with E-state index in [0.29, 0.717) is 17.4 Å². The van der Waals surface area contributed by atoms with Gasteiger partial charge in [-0.25, -0.2) is 4.39 Å². The van der Waals surface area contributed by atoms with E-state index < -0.39 is 11.7 Å². The lowest BCUT2D eigenvalue weighted by Crippen LogP contribution is -2.27. The molecule has 3 rings (SSSR count). The lowest BCUT2D eigenvalue weighted by molar-refractivity contribution is -0.113. The third-order valence-corrected chi connectivity index (χ3v) is 5.78. The van der Waals surface area contributed by atoms with Gasteiger partial charge in [-0.1, -0.05) is 42.1 Å². The lowest BCUT2D eigenvalue weighted by atomic mass is 10.1. The average Bonchev–Trinajstić information content (AvgIpc) is 3.09. The molecule has 0 bridgehead atoms. The molecule has 0 aliphatic rings. The summed E-state index contributed by atoms with van der Waals surface area (Å²) in [7, 11) is 1.81. The van der Waals surface area contributed by atoms with Gasteiger partial charge in [0.1, 0.15) is 11.6 Å². The zero-order valence-electron chi connectivity index (χ0n) is 17.6. The first-order chi connectivity index (χ1) is 14.9. The van der Waals surface area contributed by atoms with Crippen LogP contribution in [0.25, 0.3) is 0 Å². The number of nitrogens with one attached hydrogen (secondary N) is 2. The van der Waals surface area contributed by atoms with E-state index in [1.54, 1.807) is 17.7 Å². The molecule has 0 aliphatic carbocycles. The Morgan fingerprint density at radius 1 is 1.06 bits per heavy atom. The van der Waals surface area contributed by atoms with Crippen molar-refractivity contribution >= 4 is 29.3 Å². The van der Waals surface area contributed by atoms with Crippen molar-refractivity contribution in [2.75, 3.05) is 17.6 Å². The Hall–Kier alpha value is -3.20. The minimum absolute atomic E-state index is 0.00612. The molecule has 0 saturated heterocycles. The van der Waals surface area contributed by atoms with Gasteiger partial charge in [0, 0.05) is 25.7 Å². The van der Waals surface area contributed by atoms with Crippen LogP contribution in [0.4, 0.5) is 10.1 Å². The van der Waals surface area contributed by atoms with E-state index in [2.05, 4.69) is 20.8 Å². The number of anilines is 1. The van der Waals surface area contributed by atoms with E-state index in [9.17, 15) is 14.0 Å². The fourth-order valence-electron chi connectivity index (χ4n) is 3.03. The van der Waals surface area contributed by atoms with Crippen LogP contribution in [0.2, 0.25) is 0 Å². The number of aromatic nitrogens is 3. The van der Waals surface area contributed by atoms with Gasteiger partial charge in [0.25, 0.3) is 5.91 Å². The van der Waals surface area contributed by atoms with Gasteiger partial charge in [0.2, 0.25) is 5.91 Å². The summed E-state index contributed by atoms with van der Waals surface area (Å²) in [6.07, 6.45) is 0.429. The Bertz CT molecular complexity index is 1080. The summed E-state index contributed by atoms with van der Waals surface area (Å²) in [5.74, 6) is -0.297. The Morgan fingerprint density at radius 2 is 1.77 bits per heavy atom. The van der Waals surface area contributed by atoms with Crippen molar-refractivity contribution in [2.24, 2.45) is 7.05 Å². The number of amides is 2. The van der Waals surface area contributed by atoms with Crippen molar-refractivity contribution in [2.45, 2.75) is 25.4 Å². The van der Waals surface area contributed by atoms with Crippen molar-refractivity contribution in [3.05, 3.63) is 70.8 Å². The Kier molecular flexibility index (Phi) is 7.41. The number of para-hydroxylation sites is 1. The van der Waals surface area contributed by atoms with Gasteiger partial charge in [0.15, 0.2) is 5.16 Å². The molecule has 0 radical (unpaired) electrons. The maximum atomic E-state index is 13.7. The van der Waals surface area contributed by atoms with E-state index in [-0.39, 0.29) is 23.8 Å². The minimum atomic E-state index is -0.559. The van der Waals surface area contributed by atoms with Crippen LogP contribution < -0.4 is 10.6 Å². The normalized spacial score (nSPS) is 10.7.